The van der Waals surface area contributed by atoms with Gasteiger partial charge in [0.2, 0.25) is 0 Å². The number of nitrogens with one attached hydrogen (secondary N) is 1. The Kier molecular flexibility index (Phi) is 4.38. The number of amidine groups is 1. The Bertz CT molecular complexity index is 955. The van der Waals surface area contributed by atoms with Gasteiger partial charge in [-0.25, -0.2) is 0 Å². The molecule has 0 saturated carbocycles. The molecule has 0 aliphatic carbocycles. The molecule has 9 heteroatoms. The minimum atomic E-state index is -4.72. The molecule has 1 unspecified atom stereocenters. The lowest BCUT2D eigenvalue weighted by Crippen LogP contribution is -2.25. The Morgan fingerprint density at radius 1 is 1.19 bits per heavy atom. The minimum Gasteiger partial charge on any atom is -0.509 e. The van der Waals surface area contributed by atoms with E-state index in [1.807, 2.05) is 0 Å². The average molecular weight is 377 g/mol. The third kappa shape index (κ3) is 3.12. The summed E-state index contributed by atoms with van der Waals surface area (Å²) in [6.07, 6.45) is -4.72. The number of hydrogen-bond donors (Lipinski definition) is 2. The Balaban J connectivity index is 2.24. The Morgan fingerprint density at radius 3 is 2.37 bits per heavy atom. The lowest BCUT2D eigenvalue weighted by Gasteiger charge is -2.22. The zero-order chi connectivity index (χ0) is 19.9. The number of hydrogen-bond acceptors (Lipinski definition) is 4. The SMILES string of the molecule is CN1C(=N)C(c2cc(C(F)(F)F)ccc2[N+](=O)[O-])=C(O)C1c1ccccc1. The quantitative estimate of drug-likeness (QED) is 0.607. The number of nitrogens with zero attached hydrogens (tertiary/aromatic N) is 2. The number of nitro benzene ring substituents is 1. The van der Waals surface area contributed by atoms with Crippen molar-refractivity contribution in [1.82, 2.24) is 4.90 Å². The van der Waals surface area contributed by atoms with Crippen LogP contribution in [0.5, 0.6) is 0 Å². The van der Waals surface area contributed by atoms with E-state index in [0.717, 1.165) is 6.07 Å². The van der Waals surface area contributed by atoms with Crippen molar-refractivity contribution >= 4 is 17.1 Å². The zero-order valence-corrected chi connectivity index (χ0v) is 14.0. The van der Waals surface area contributed by atoms with Gasteiger partial charge in [0.25, 0.3) is 5.69 Å². The zero-order valence-electron chi connectivity index (χ0n) is 14.0. The van der Waals surface area contributed by atoms with E-state index < -0.39 is 39.7 Å². The van der Waals surface area contributed by atoms with Gasteiger partial charge in [0.15, 0.2) is 0 Å². The van der Waals surface area contributed by atoms with Crippen molar-refractivity contribution in [3.8, 4) is 0 Å². The lowest BCUT2D eigenvalue weighted by atomic mass is 9.98. The van der Waals surface area contributed by atoms with Gasteiger partial charge in [0, 0.05) is 13.1 Å². The highest BCUT2D eigenvalue weighted by Crippen LogP contribution is 2.43. The Hall–Kier alpha value is -3.36. The maximum Gasteiger partial charge on any atom is 0.416 e. The van der Waals surface area contributed by atoms with E-state index in [-0.39, 0.29) is 11.4 Å². The van der Waals surface area contributed by atoms with Gasteiger partial charge < -0.3 is 10.0 Å². The molecule has 0 radical (unpaired) electrons. The first kappa shape index (κ1) is 18.4. The van der Waals surface area contributed by atoms with Gasteiger partial charge in [-0.2, -0.15) is 13.2 Å². The van der Waals surface area contributed by atoms with Crippen LogP contribution in [-0.4, -0.2) is 27.8 Å². The summed E-state index contributed by atoms with van der Waals surface area (Å²) in [6, 6.07) is 9.68. The molecule has 1 atom stereocenters. The molecule has 0 saturated heterocycles. The third-order valence-corrected chi connectivity index (χ3v) is 4.40. The molecule has 27 heavy (non-hydrogen) atoms. The molecule has 2 aromatic rings. The predicted octanol–water partition coefficient (Wildman–Crippen LogP) is 4.55. The summed E-state index contributed by atoms with van der Waals surface area (Å²) in [5, 5.41) is 30.2. The van der Waals surface area contributed by atoms with Crippen molar-refractivity contribution in [2.24, 2.45) is 0 Å². The first-order valence-electron chi connectivity index (χ1n) is 7.78. The lowest BCUT2D eigenvalue weighted by molar-refractivity contribution is -0.385. The van der Waals surface area contributed by atoms with Gasteiger partial charge in [-0.05, 0) is 17.7 Å². The Labute approximate surface area is 151 Å². The molecule has 2 N–H and O–H groups in total. The maximum absolute atomic E-state index is 13.1. The van der Waals surface area contributed by atoms with Gasteiger partial charge in [-0.1, -0.05) is 30.3 Å². The van der Waals surface area contributed by atoms with Gasteiger partial charge in [0.1, 0.15) is 17.6 Å². The van der Waals surface area contributed by atoms with Crippen molar-refractivity contribution in [2.45, 2.75) is 12.2 Å². The molecule has 1 aliphatic heterocycles. The van der Waals surface area contributed by atoms with Gasteiger partial charge in [-0.15, -0.1) is 0 Å². The number of alkyl halides is 3. The predicted molar refractivity (Wildman–Crippen MR) is 92.3 cm³/mol. The number of nitro groups is 1. The van der Waals surface area contributed by atoms with Crippen LogP contribution in [0.2, 0.25) is 0 Å². The average Bonchev–Trinajstić information content (AvgIpc) is 2.83. The minimum absolute atomic E-state index is 0.288. The second kappa shape index (κ2) is 6.42. The molecule has 0 bridgehead atoms. The topological polar surface area (TPSA) is 90.5 Å². The van der Waals surface area contributed by atoms with Crippen molar-refractivity contribution in [3.63, 3.8) is 0 Å². The highest BCUT2D eigenvalue weighted by molar-refractivity contribution is 6.25. The van der Waals surface area contributed by atoms with E-state index in [9.17, 15) is 28.4 Å². The number of aliphatic hydroxyl groups is 1. The molecule has 0 spiro atoms. The highest BCUT2D eigenvalue weighted by Gasteiger charge is 2.40. The van der Waals surface area contributed by atoms with Crippen molar-refractivity contribution in [2.75, 3.05) is 7.05 Å². The van der Waals surface area contributed by atoms with Crippen LogP contribution in [0, 0.1) is 15.5 Å². The highest BCUT2D eigenvalue weighted by atomic mass is 19.4. The normalized spacial score (nSPS) is 17.6. The first-order chi connectivity index (χ1) is 12.6. The van der Waals surface area contributed by atoms with Crippen molar-refractivity contribution in [3.05, 3.63) is 81.1 Å². The van der Waals surface area contributed by atoms with E-state index in [1.54, 1.807) is 30.3 Å². The van der Waals surface area contributed by atoms with Gasteiger partial charge in [0.05, 0.1) is 21.6 Å². The van der Waals surface area contributed by atoms with Crippen LogP contribution in [0.4, 0.5) is 18.9 Å². The number of benzene rings is 2. The summed E-state index contributed by atoms with van der Waals surface area (Å²) in [7, 11) is 1.49. The fraction of sp³-hybridized carbons (Fsp3) is 0.167. The number of aliphatic hydroxyl groups excluding tert-OH is 1. The number of halogens is 3. The molecule has 1 heterocycles. The van der Waals surface area contributed by atoms with Crippen molar-refractivity contribution < 1.29 is 23.2 Å². The first-order valence-corrected chi connectivity index (χ1v) is 7.78. The van der Waals surface area contributed by atoms with Crippen LogP contribution in [0.15, 0.2) is 54.3 Å². The maximum atomic E-state index is 13.1. The van der Waals surface area contributed by atoms with Crippen LogP contribution in [0.1, 0.15) is 22.7 Å². The molecule has 0 fully saturated rings. The summed E-state index contributed by atoms with van der Waals surface area (Å²) in [6.45, 7) is 0. The second-order valence-corrected chi connectivity index (χ2v) is 6.02. The van der Waals surface area contributed by atoms with Crippen LogP contribution < -0.4 is 0 Å². The van der Waals surface area contributed by atoms with Crippen LogP contribution in [0.3, 0.4) is 0 Å². The number of rotatable bonds is 3. The fourth-order valence-electron chi connectivity index (χ4n) is 3.10. The smallest absolute Gasteiger partial charge is 0.416 e. The molecule has 1 aliphatic rings. The molecule has 0 aromatic heterocycles. The molecule has 3 rings (SSSR count). The van der Waals surface area contributed by atoms with E-state index in [4.69, 9.17) is 5.41 Å². The molecule has 0 amide bonds. The third-order valence-electron chi connectivity index (χ3n) is 4.40. The summed E-state index contributed by atoms with van der Waals surface area (Å²) in [4.78, 5) is 11.8. The van der Waals surface area contributed by atoms with E-state index in [1.165, 1.54) is 11.9 Å². The van der Waals surface area contributed by atoms with Crippen LogP contribution in [0.25, 0.3) is 5.57 Å². The number of likely N-dealkylation sites (N-methyl/N-ethyl adjacent to an activating group) is 1. The summed E-state index contributed by atoms with van der Waals surface area (Å²) in [5.74, 6) is -0.708. The van der Waals surface area contributed by atoms with Crippen molar-refractivity contribution in [1.29, 1.82) is 5.41 Å². The van der Waals surface area contributed by atoms with E-state index in [2.05, 4.69) is 0 Å². The summed E-state index contributed by atoms with van der Waals surface area (Å²) in [5.41, 5.74) is -1.84. The summed E-state index contributed by atoms with van der Waals surface area (Å²) >= 11 is 0. The van der Waals surface area contributed by atoms with Crippen LogP contribution >= 0.6 is 0 Å². The molecule has 2 aromatic carbocycles. The largest absolute Gasteiger partial charge is 0.509 e. The molecular weight excluding hydrogens is 363 g/mol. The molecule has 6 nitrogen and oxygen atoms in total. The fourth-order valence-corrected chi connectivity index (χ4v) is 3.10. The van der Waals surface area contributed by atoms with E-state index >= 15 is 0 Å². The van der Waals surface area contributed by atoms with Gasteiger partial charge >= 0.3 is 6.18 Å². The molecule has 140 valence electrons. The van der Waals surface area contributed by atoms with E-state index in [0.29, 0.717) is 17.7 Å². The summed E-state index contributed by atoms with van der Waals surface area (Å²) < 4.78 is 39.3. The monoisotopic (exact) mass is 377 g/mol. The van der Waals surface area contributed by atoms with Gasteiger partial charge in [-0.3, -0.25) is 15.5 Å². The Morgan fingerprint density at radius 2 is 1.81 bits per heavy atom. The van der Waals surface area contributed by atoms with Crippen LogP contribution in [-0.2, 0) is 6.18 Å². The molecular formula is C18H14F3N3O3. The standard InChI is InChI=1S/C18H14F3N3O3/c1-23-15(10-5-3-2-4-6-10)16(25)14(17(23)22)12-9-11(18(19,20)21)7-8-13(12)24(26)27/h2-9,15,22,25H,1H3. The second-order valence-electron chi connectivity index (χ2n) is 6.02.